The van der Waals surface area contributed by atoms with E-state index < -0.39 is 14.2 Å². The largest absolute Gasteiger partial charge is 1.00 e. The van der Waals surface area contributed by atoms with Crippen molar-refractivity contribution < 1.29 is 41.5 Å². The maximum Gasteiger partial charge on any atom is 1.00 e. The number of hydrogen-bond acceptors (Lipinski definition) is 1. The van der Waals surface area contributed by atoms with Gasteiger partial charge in [-0.15, -0.1) is 0 Å². The Morgan fingerprint density at radius 2 is 1.58 bits per heavy atom. The molecular weight excluding hydrogens is 230 g/mol. The van der Waals surface area contributed by atoms with E-state index in [0.29, 0.717) is 0 Å². The summed E-state index contributed by atoms with van der Waals surface area (Å²) in [4.78, 5) is 0. The first-order valence-corrected chi connectivity index (χ1v) is 6.51. The molecule has 0 aromatic heterocycles. The van der Waals surface area contributed by atoms with Crippen LogP contribution in [0.25, 0.3) is 0 Å². The van der Waals surface area contributed by atoms with E-state index in [1.807, 2.05) is 6.92 Å². The van der Waals surface area contributed by atoms with Crippen molar-refractivity contribution in [1.29, 1.82) is 0 Å². The van der Waals surface area contributed by atoms with Crippen LogP contribution in [0.5, 0.6) is 0 Å². The fourth-order valence-electron chi connectivity index (χ4n) is 0.739. The van der Waals surface area contributed by atoms with Gasteiger partial charge in [0.25, 0.3) is 0 Å². The second kappa shape index (κ2) is 4.66. The molecule has 1 rings (SSSR count). The molecule has 5 heteroatoms. The molecule has 60 valence electrons. The van der Waals surface area contributed by atoms with Crippen molar-refractivity contribution in [2.45, 2.75) is 6.92 Å². The number of aryl methyl sites for hydroxylation is 1. The zero-order valence-corrected chi connectivity index (χ0v) is 10.9. The van der Waals surface area contributed by atoms with Crippen LogP contribution in [0.2, 0.25) is 0 Å². The Morgan fingerprint density at radius 3 is 1.92 bits per heavy atom. The minimum atomic E-state index is -4.62. The Kier molecular flexibility index (Phi) is 4.85. The van der Waals surface area contributed by atoms with Crippen LogP contribution in [-0.2, 0) is 3.74 Å². The Morgan fingerprint density at radius 1 is 1.17 bits per heavy atom. The van der Waals surface area contributed by atoms with E-state index in [1.165, 1.54) is 12.1 Å². The van der Waals surface area contributed by atoms with Crippen LogP contribution < -0.4 is 33.9 Å². The molecule has 0 saturated carbocycles. The average molecular weight is 239 g/mol. The summed E-state index contributed by atoms with van der Waals surface area (Å²) in [6, 6.07) is 6.32. The molecule has 0 fully saturated rings. The second-order valence-electron chi connectivity index (χ2n) is 2.38. The molecule has 0 radical (unpaired) electrons. The van der Waals surface area contributed by atoms with E-state index in [-0.39, 0.29) is 33.9 Å². The molecule has 0 bridgehead atoms. The number of benzene rings is 1. The third-order valence-electron chi connectivity index (χ3n) is 1.37. The maximum atomic E-state index is 10.7. The van der Waals surface area contributed by atoms with E-state index in [0.717, 1.165) is 5.56 Å². The summed E-state index contributed by atoms with van der Waals surface area (Å²) < 4.78 is 28.3. The molecule has 0 atom stereocenters. The first kappa shape index (κ1) is 12.5. The van der Waals surface area contributed by atoms with Crippen LogP contribution in [0.3, 0.4) is 0 Å². The summed E-state index contributed by atoms with van der Waals surface area (Å²) in [6.45, 7) is 1.87. The van der Waals surface area contributed by atoms with Crippen LogP contribution in [-0.4, -0.2) is 22.4 Å². The van der Waals surface area contributed by atoms with Crippen molar-refractivity contribution in [1.82, 2.24) is 0 Å². The summed E-state index contributed by atoms with van der Waals surface area (Å²) in [5.74, 6) is 0. The first-order chi connectivity index (χ1) is 5.00. The van der Waals surface area contributed by atoms with E-state index in [4.69, 9.17) is 8.19 Å². The molecule has 1 aromatic rings. The van der Waals surface area contributed by atoms with Crippen molar-refractivity contribution in [2.24, 2.45) is 0 Å². The topological polar surface area (TPSA) is 57.5 Å². The van der Waals surface area contributed by atoms with Crippen LogP contribution >= 0.6 is 0 Å². The van der Waals surface area contributed by atoms with Gasteiger partial charge in [-0.05, 0) is 0 Å². The van der Waals surface area contributed by atoms with Gasteiger partial charge in [-0.2, -0.15) is 0 Å². The van der Waals surface area contributed by atoms with Crippen LogP contribution in [0.4, 0.5) is 0 Å². The van der Waals surface area contributed by atoms with Gasteiger partial charge in [0.2, 0.25) is 0 Å². The molecule has 0 heterocycles. The van der Waals surface area contributed by atoms with Gasteiger partial charge in [0.05, 0.1) is 0 Å². The zero-order valence-electron chi connectivity index (χ0n) is 7.06. The van der Waals surface area contributed by atoms with Crippen LogP contribution in [0.1, 0.15) is 5.56 Å². The molecule has 2 N–H and O–H groups in total. The molecule has 12 heavy (non-hydrogen) atoms. The molecule has 0 saturated heterocycles. The van der Waals surface area contributed by atoms with Crippen molar-refractivity contribution in [3.8, 4) is 0 Å². The fourth-order valence-corrected chi connectivity index (χ4v) is 1.87. The SMILES string of the molecule is Cc1ccc([As](=O)(O)O)cc1.[Na+]. The monoisotopic (exact) mass is 239 g/mol. The molecule has 0 aliphatic heterocycles. The summed E-state index contributed by atoms with van der Waals surface area (Å²) >= 11 is -4.62. The van der Waals surface area contributed by atoms with Gasteiger partial charge >= 0.3 is 96.8 Å². The molecular formula is C7H9AsNaO3+. The van der Waals surface area contributed by atoms with E-state index in [1.54, 1.807) is 12.1 Å². The van der Waals surface area contributed by atoms with Crippen molar-refractivity contribution in [3.63, 3.8) is 0 Å². The summed E-state index contributed by atoms with van der Waals surface area (Å²) in [5.41, 5.74) is 0.998. The second-order valence-corrected chi connectivity index (χ2v) is 5.75. The predicted molar refractivity (Wildman–Crippen MR) is 41.7 cm³/mol. The molecule has 3 nitrogen and oxygen atoms in total. The van der Waals surface area contributed by atoms with Gasteiger partial charge in [0.1, 0.15) is 0 Å². The molecule has 0 aliphatic carbocycles. The Bertz CT molecular complexity index is 290. The molecule has 0 amide bonds. The quantitative estimate of drug-likeness (QED) is 0.501. The Labute approximate surface area is 96.1 Å². The van der Waals surface area contributed by atoms with Crippen LogP contribution in [0.15, 0.2) is 24.3 Å². The van der Waals surface area contributed by atoms with Gasteiger partial charge in [0, 0.05) is 0 Å². The maximum absolute atomic E-state index is 10.7. The van der Waals surface area contributed by atoms with Gasteiger partial charge in [-0.1, -0.05) is 0 Å². The molecule has 0 aliphatic rings. The van der Waals surface area contributed by atoms with Crippen LogP contribution in [0, 0.1) is 6.92 Å². The van der Waals surface area contributed by atoms with E-state index in [2.05, 4.69) is 0 Å². The Balaban J connectivity index is 0.00000121. The van der Waals surface area contributed by atoms with Gasteiger partial charge in [-0.25, -0.2) is 0 Å². The van der Waals surface area contributed by atoms with Crippen molar-refractivity contribution in [2.75, 3.05) is 0 Å². The standard InChI is InChI=1S/C7H9AsO3.Na/c1-6-2-4-7(5-3-6)8(9,10)11;/h2-5H,1H3,(H2,9,10,11);/q;+1. The minimum absolute atomic E-state index is 0. The molecule has 0 unspecified atom stereocenters. The van der Waals surface area contributed by atoms with Crippen molar-refractivity contribution in [3.05, 3.63) is 29.8 Å². The van der Waals surface area contributed by atoms with E-state index >= 15 is 0 Å². The third-order valence-corrected chi connectivity index (χ3v) is 3.41. The summed E-state index contributed by atoms with van der Waals surface area (Å²) in [5, 5.41) is 0. The minimum Gasteiger partial charge on any atom is 1.00 e. The normalized spacial score (nSPS) is 10.6. The third kappa shape index (κ3) is 3.48. The smallest absolute Gasteiger partial charge is 1.00 e. The molecule has 0 spiro atoms. The Hall–Kier alpha value is 0.498. The van der Waals surface area contributed by atoms with Crippen molar-refractivity contribution >= 4 is 18.5 Å². The van der Waals surface area contributed by atoms with Gasteiger partial charge in [0.15, 0.2) is 0 Å². The number of rotatable bonds is 1. The van der Waals surface area contributed by atoms with Gasteiger partial charge < -0.3 is 0 Å². The fraction of sp³-hybridized carbons (Fsp3) is 0.143. The average Bonchev–Trinajstić information content (AvgIpc) is 1.86. The molecule has 1 aromatic carbocycles. The van der Waals surface area contributed by atoms with E-state index in [9.17, 15) is 3.74 Å². The predicted octanol–water partition coefficient (Wildman–Crippen LogP) is -3.44. The number of hydrogen-bond donors (Lipinski definition) is 2. The summed E-state index contributed by atoms with van der Waals surface area (Å²) in [7, 11) is 0. The first-order valence-electron chi connectivity index (χ1n) is 3.13. The zero-order chi connectivity index (χ0) is 8.48. The van der Waals surface area contributed by atoms with Gasteiger partial charge in [-0.3, -0.25) is 0 Å². The summed E-state index contributed by atoms with van der Waals surface area (Å²) in [6.07, 6.45) is 0.